The Hall–Kier alpha value is -1.82. The SMILES string of the molecule is CCCS(=O)(=O)Nc1cccc(-c2nc[nH]c2C)c1. The number of hydrogen-bond acceptors (Lipinski definition) is 3. The van der Waals surface area contributed by atoms with Gasteiger partial charge in [0.15, 0.2) is 0 Å². The Kier molecular flexibility index (Phi) is 3.90. The first kappa shape index (κ1) is 13.6. The minimum Gasteiger partial charge on any atom is -0.348 e. The Morgan fingerprint density at radius 1 is 1.37 bits per heavy atom. The van der Waals surface area contributed by atoms with Crippen molar-refractivity contribution in [2.24, 2.45) is 0 Å². The van der Waals surface area contributed by atoms with Gasteiger partial charge in [0.1, 0.15) is 0 Å². The summed E-state index contributed by atoms with van der Waals surface area (Å²) in [6.45, 7) is 3.76. The minimum absolute atomic E-state index is 0.124. The fraction of sp³-hybridized carbons (Fsp3) is 0.308. The van der Waals surface area contributed by atoms with Crippen molar-refractivity contribution in [3.05, 3.63) is 36.3 Å². The number of H-pyrrole nitrogens is 1. The summed E-state index contributed by atoms with van der Waals surface area (Å²) in [5.41, 5.74) is 3.23. The summed E-state index contributed by atoms with van der Waals surface area (Å²) in [5, 5.41) is 0. The van der Waals surface area contributed by atoms with Crippen LogP contribution in [0.5, 0.6) is 0 Å². The molecule has 5 nitrogen and oxygen atoms in total. The molecule has 0 aliphatic carbocycles. The first-order valence-electron chi connectivity index (χ1n) is 6.13. The quantitative estimate of drug-likeness (QED) is 0.883. The summed E-state index contributed by atoms with van der Waals surface area (Å²) in [6.07, 6.45) is 2.21. The van der Waals surface area contributed by atoms with Crippen LogP contribution < -0.4 is 4.72 Å². The van der Waals surface area contributed by atoms with E-state index in [1.165, 1.54) is 0 Å². The van der Waals surface area contributed by atoms with E-state index in [2.05, 4.69) is 14.7 Å². The lowest BCUT2D eigenvalue weighted by Crippen LogP contribution is -2.16. The van der Waals surface area contributed by atoms with E-state index in [1.54, 1.807) is 18.5 Å². The Labute approximate surface area is 113 Å². The van der Waals surface area contributed by atoms with Crippen molar-refractivity contribution in [3.63, 3.8) is 0 Å². The lowest BCUT2D eigenvalue weighted by atomic mass is 10.1. The molecule has 2 rings (SSSR count). The Bertz CT molecular complexity index is 662. The highest BCUT2D eigenvalue weighted by molar-refractivity contribution is 7.92. The molecular formula is C13H17N3O2S. The molecule has 6 heteroatoms. The highest BCUT2D eigenvalue weighted by Gasteiger charge is 2.10. The van der Waals surface area contributed by atoms with Gasteiger partial charge in [-0.15, -0.1) is 0 Å². The van der Waals surface area contributed by atoms with Crippen LogP contribution in [0.25, 0.3) is 11.3 Å². The number of rotatable bonds is 5. The van der Waals surface area contributed by atoms with Crippen molar-refractivity contribution in [1.82, 2.24) is 9.97 Å². The largest absolute Gasteiger partial charge is 0.348 e. The smallest absolute Gasteiger partial charge is 0.232 e. The number of anilines is 1. The normalized spacial score (nSPS) is 11.5. The van der Waals surface area contributed by atoms with Crippen molar-refractivity contribution in [3.8, 4) is 11.3 Å². The zero-order valence-corrected chi connectivity index (χ0v) is 11.8. The van der Waals surface area contributed by atoms with Crippen LogP contribution in [0, 0.1) is 6.92 Å². The lowest BCUT2D eigenvalue weighted by molar-refractivity contribution is 0.600. The average molecular weight is 279 g/mol. The first-order valence-corrected chi connectivity index (χ1v) is 7.78. The fourth-order valence-corrected chi connectivity index (χ4v) is 3.00. The van der Waals surface area contributed by atoms with Crippen LogP contribution in [0.15, 0.2) is 30.6 Å². The van der Waals surface area contributed by atoms with E-state index >= 15 is 0 Å². The van der Waals surface area contributed by atoms with Gasteiger partial charge < -0.3 is 4.98 Å². The van der Waals surface area contributed by atoms with E-state index in [4.69, 9.17) is 0 Å². The Balaban J connectivity index is 2.28. The molecule has 0 aliphatic rings. The minimum atomic E-state index is -3.26. The second-order valence-corrected chi connectivity index (χ2v) is 6.22. The molecule has 19 heavy (non-hydrogen) atoms. The monoisotopic (exact) mass is 279 g/mol. The Morgan fingerprint density at radius 3 is 2.79 bits per heavy atom. The molecule has 0 aliphatic heterocycles. The van der Waals surface area contributed by atoms with Gasteiger partial charge in [0, 0.05) is 16.9 Å². The third kappa shape index (κ3) is 3.35. The topological polar surface area (TPSA) is 74.8 Å². The summed E-state index contributed by atoms with van der Waals surface area (Å²) in [6, 6.07) is 7.24. The van der Waals surface area contributed by atoms with Gasteiger partial charge >= 0.3 is 0 Å². The van der Waals surface area contributed by atoms with Crippen molar-refractivity contribution < 1.29 is 8.42 Å². The lowest BCUT2D eigenvalue weighted by Gasteiger charge is -2.08. The predicted octanol–water partition coefficient (Wildman–Crippen LogP) is 2.54. The molecule has 0 bridgehead atoms. The van der Waals surface area contributed by atoms with Crippen LogP contribution in [-0.2, 0) is 10.0 Å². The van der Waals surface area contributed by atoms with Crippen LogP contribution in [0.3, 0.4) is 0 Å². The standard InChI is InChI=1S/C13H17N3O2S/c1-3-7-19(17,18)16-12-6-4-5-11(8-12)13-10(2)14-9-15-13/h4-6,8-9,16H,3,7H2,1-2H3,(H,14,15). The molecule has 0 saturated carbocycles. The Morgan fingerprint density at radius 2 is 2.16 bits per heavy atom. The van der Waals surface area contributed by atoms with Gasteiger partial charge in [-0.25, -0.2) is 13.4 Å². The molecule has 1 heterocycles. The molecule has 2 N–H and O–H groups in total. The number of hydrogen-bond donors (Lipinski definition) is 2. The van der Waals surface area contributed by atoms with Crippen molar-refractivity contribution >= 4 is 15.7 Å². The van der Waals surface area contributed by atoms with Crippen LogP contribution in [0.4, 0.5) is 5.69 Å². The second kappa shape index (κ2) is 5.44. The van der Waals surface area contributed by atoms with E-state index in [0.29, 0.717) is 12.1 Å². The molecule has 1 aromatic heterocycles. The molecule has 0 fully saturated rings. The number of nitrogens with zero attached hydrogens (tertiary/aromatic N) is 1. The van der Waals surface area contributed by atoms with Gasteiger partial charge in [-0.05, 0) is 25.5 Å². The second-order valence-electron chi connectivity index (χ2n) is 4.38. The molecule has 0 saturated heterocycles. The van der Waals surface area contributed by atoms with Crippen molar-refractivity contribution in [1.29, 1.82) is 0 Å². The summed E-state index contributed by atoms with van der Waals surface area (Å²) in [7, 11) is -3.26. The number of sulfonamides is 1. The van der Waals surface area contributed by atoms with E-state index in [0.717, 1.165) is 17.0 Å². The summed E-state index contributed by atoms with van der Waals surface area (Å²) < 4.78 is 26.0. The van der Waals surface area contributed by atoms with Crippen LogP contribution in [0.1, 0.15) is 19.0 Å². The fourth-order valence-electron chi connectivity index (χ4n) is 1.88. The highest BCUT2D eigenvalue weighted by atomic mass is 32.2. The maximum Gasteiger partial charge on any atom is 0.232 e. The van der Waals surface area contributed by atoms with Gasteiger partial charge in [0.05, 0.1) is 17.8 Å². The molecule has 0 amide bonds. The molecule has 102 valence electrons. The van der Waals surface area contributed by atoms with Crippen LogP contribution in [-0.4, -0.2) is 24.1 Å². The summed E-state index contributed by atoms with van der Waals surface area (Å²) in [4.78, 5) is 7.23. The van der Waals surface area contributed by atoms with E-state index in [1.807, 2.05) is 26.0 Å². The number of benzene rings is 1. The van der Waals surface area contributed by atoms with E-state index in [-0.39, 0.29) is 5.75 Å². The van der Waals surface area contributed by atoms with Crippen LogP contribution in [0.2, 0.25) is 0 Å². The number of aryl methyl sites for hydroxylation is 1. The summed E-state index contributed by atoms with van der Waals surface area (Å²) in [5.74, 6) is 0.124. The van der Waals surface area contributed by atoms with E-state index in [9.17, 15) is 8.42 Å². The number of aromatic amines is 1. The maximum atomic E-state index is 11.7. The van der Waals surface area contributed by atoms with E-state index < -0.39 is 10.0 Å². The first-order chi connectivity index (χ1) is 9.02. The molecule has 0 unspecified atom stereocenters. The number of aromatic nitrogens is 2. The molecule has 0 spiro atoms. The molecule has 0 atom stereocenters. The maximum absolute atomic E-state index is 11.7. The molecular weight excluding hydrogens is 262 g/mol. The predicted molar refractivity (Wildman–Crippen MR) is 76.5 cm³/mol. The van der Waals surface area contributed by atoms with Gasteiger partial charge in [-0.1, -0.05) is 19.1 Å². The highest BCUT2D eigenvalue weighted by Crippen LogP contribution is 2.23. The van der Waals surface area contributed by atoms with Gasteiger partial charge in [0.2, 0.25) is 10.0 Å². The third-order valence-corrected chi connectivity index (χ3v) is 4.20. The van der Waals surface area contributed by atoms with Crippen molar-refractivity contribution in [2.75, 3.05) is 10.5 Å². The number of imidazole rings is 1. The molecule has 0 radical (unpaired) electrons. The van der Waals surface area contributed by atoms with Crippen LogP contribution >= 0.6 is 0 Å². The summed E-state index contributed by atoms with van der Waals surface area (Å²) >= 11 is 0. The zero-order valence-electron chi connectivity index (χ0n) is 11.0. The molecule has 1 aromatic carbocycles. The van der Waals surface area contributed by atoms with Gasteiger partial charge in [-0.2, -0.15) is 0 Å². The zero-order chi connectivity index (χ0) is 13.9. The van der Waals surface area contributed by atoms with Crippen molar-refractivity contribution in [2.45, 2.75) is 20.3 Å². The number of nitrogens with one attached hydrogen (secondary N) is 2. The molecule has 2 aromatic rings. The third-order valence-electron chi connectivity index (χ3n) is 2.71. The van der Waals surface area contributed by atoms with Gasteiger partial charge in [0.25, 0.3) is 0 Å². The average Bonchev–Trinajstić information content (AvgIpc) is 2.75. The van der Waals surface area contributed by atoms with Gasteiger partial charge in [-0.3, -0.25) is 4.72 Å².